The third kappa shape index (κ3) is 1.84. The van der Waals surface area contributed by atoms with E-state index in [4.69, 9.17) is 20.4 Å². The summed E-state index contributed by atoms with van der Waals surface area (Å²) >= 11 is 5.88. The van der Waals surface area contributed by atoms with Gasteiger partial charge in [-0.25, -0.2) is 0 Å². The van der Waals surface area contributed by atoms with Gasteiger partial charge in [-0.05, 0) is 36.4 Å². The van der Waals surface area contributed by atoms with Crippen molar-refractivity contribution in [3.63, 3.8) is 0 Å². The Morgan fingerprint density at radius 3 is 2.76 bits per heavy atom. The van der Waals surface area contributed by atoms with Crippen LogP contribution in [-0.4, -0.2) is 5.11 Å². The molecule has 86 valence electrons. The van der Waals surface area contributed by atoms with Crippen molar-refractivity contribution in [2.24, 2.45) is 0 Å². The minimum atomic E-state index is -0.892. The summed E-state index contributed by atoms with van der Waals surface area (Å²) in [5, 5.41) is 11.5. The predicted molar refractivity (Wildman–Crippen MR) is 64.0 cm³/mol. The number of aliphatic hydroxyl groups excluding tert-OH is 1. The molecule has 0 aliphatic heterocycles. The topological polar surface area (TPSA) is 46.5 Å². The molecular weight excluding hydrogens is 240 g/mol. The summed E-state index contributed by atoms with van der Waals surface area (Å²) < 4.78 is 10.7. The van der Waals surface area contributed by atoms with Gasteiger partial charge in [0.15, 0.2) is 6.10 Å². The van der Waals surface area contributed by atoms with E-state index in [1.807, 2.05) is 0 Å². The fourth-order valence-electron chi connectivity index (χ4n) is 1.76. The number of hydrogen-bond acceptors (Lipinski definition) is 3. The largest absolute Gasteiger partial charge is 0.466 e. The van der Waals surface area contributed by atoms with E-state index in [9.17, 15) is 5.11 Å². The molecule has 0 bridgehead atoms. The summed E-state index contributed by atoms with van der Waals surface area (Å²) in [5.74, 6) is 0.896. The van der Waals surface area contributed by atoms with Crippen molar-refractivity contribution in [1.82, 2.24) is 0 Å². The Hall–Kier alpha value is -1.71. The SMILES string of the molecule is OC(c1ccco1)c1cc2cc(Cl)ccc2o1. The minimum Gasteiger partial charge on any atom is -0.466 e. The van der Waals surface area contributed by atoms with E-state index in [1.54, 1.807) is 36.4 Å². The van der Waals surface area contributed by atoms with Crippen molar-refractivity contribution >= 4 is 22.6 Å². The van der Waals surface area contributed by atoms with Crippen LogP contribution in [0.4, 0.5) is 0 Å². The number of hydrogen-bond donors (Lipinski definition) is 1. The zero-order valence-corrected chi connectivity index (χ0v) is 9.52. The maximum absolute atomic E-state index is 10.0. The third-order valence-corrected chi connectivity index (χ3v) is 2.81. The lowest BCUT2D eigenvalue weighted by Gasteiger charge is -2.02. The van der Waals surface area contributed by atoms with Crippen LogP contribution in [0.15, 0.2) is 51.5 Å². The molecule has 3 nitrogen and oxygen atoms in total. The van der Waals surface area contributed by atoms with Gasteiger partial charge >= 0.3 is 0 Å². The molecule has 0 fully saturated rings. The van der Waals surface area contributed by atoms with Crippen LogP contribution in [0.3, 0.4) is 0 Å². The van der Waals surface area contributed by atoms with Crippen LogP contribution in [0.1, 0.15) is 17.6 Å². The molecule has 17 heavy (non-hydrogen) atoms. The lowest BCUT2D eigenvalue weighted by atomic mass is 10.2. The smallest absolute Gasteiger partial charge is 0.169 e. The summed E-state index contributed by atoms with van der Waals surface area (Å²) in [4.78, 5) is 0. The molecule has 1 N–H and O–H groups in total. The van der Waals surface area contributed by atoms with Crippen molar-refractivity contribution in [3.8, 4) is 0 Å². The van der Waals surface area contributed by atoms with E-state index in [0.29, 0.717) is 22.1 Å². The molecule has 0 radical (unpaired) electrons. The Labute approximate surface area is 102 Å². The highest BCUT2D eigenvalue weighted by Gasteiger charge is 2.17. The van der Waals surface area contributed by atoms with Crippen molar-refractivity contribution < 1.29 is 13.9 Å². The number of aliphatic hydroxyl groups is 1. The van der Waals surface area contributed by atoms with Crippen molar-refractivity contribution in [2.75, 3.05) is 0 Å². The number of benzene rings is 1. The lowest BCUT2D eigenvalue weighted by molar-refractivity contribution is 0.165. The van der Waals surface area contributed by atoms with Gasteiger partial charge in [-0.3, -0.25) is 0 Å². The summed E-state index contributed by atoms with van der Waals surface area (Å²) in [7, 11) is 0. The van der Waals surface area contributed by atoms with E-state index in [0.717, 1.165) is 5.39 Å². The molecule has 1 atom stereocenters. The average molecular weight is 249 g/mol. The average Bonchev–Trinajstić information content (AvgIpc) is 2.96. The zero-order chi connectivity index (χ0) is 11.8. The van der Waals surface area contributed by atoms with Crippen LogP contribution >= 0.6 is 11.6 Å². The van der Waals surface area contributed by atoms with Gasteiger partial charge in [-0.1, -0.05) is 11.6 Å². The van der Waals surface area contributed by atoms with E-state index in [-0.39, 0.29) is 0 Å². The van der Waals surface area contributed by atoms with E-state index in [1.165, 1.54) is 6.26 Å². The minimum absolute atomic E-state index is 0.442. The first-order chi connectivity index (χ1) is 8.24. The van der Waals surface area contributed by atoms with Gasteiger partial charge in [0.25, 0.3) is 0 Å². The second kappa shape index (κ2) is 3.95. The molecule has 0 saturated carbocycles. The molecule has 0 aliphatic carbocycles. The van der Waals surface area contributed by atoms with Gasteiger partial charge in [0, 0.05) is 10.4 Å². The van der Waals surface area contributed by atoms with Crippen molar-refractivity contribution in [3.05, 3.63) is 59.2 Å². The Morgan fingerprint density at radius 1 is 1.12 bits per heavy atom. The second-order valence-corrected chi connectivity index (χ2v) is 4.19. The maximum atomic E-state index is 10.0. The molecule has 0 aliphatic rings. The van der Waals surface area contributed by atoms with E-state index in [2.05, 4.69) is 0 Å². The Balaban J connectivity index is 2.06. The number of halogens is 1. The molecule has 0 amide bonds. The number of fused-ring (bicyclic) bond motifs is 1. The van der Waals surface area contributed by atoms with Gasteiger partial charge in [-0.2, -0.15) is 0 Å². The molecule has 3 rings (SSSR count). The first-order valence-electron chi connectivity index (χ1n) is 5.14. The van der Waals surface area contributed by atoms with Crippen molar-refractivity contribution in [1.29, 1.82) is 0 Å². The zero-order valence-electron chi connectivity index (χ0n) is 8.76. The quantitative estimate of drug-likeness (QED) is 0.751. The van der Waals surface area contributed by atoms with Crippen LogP contribution < -0.4 is 0 Å². The molecule has 2 heterocycles. The monoisotopic (exact) mass is 248 g/mol. The molecular formula is C13H9ClO3. The molecule has 2 aromatic heterocycles. The number of furan rings is 2. The highest BCUT2D eigenvalue weighted by molar-refractivity contribution is 6.31. The Morgan fingerprint density at radius 2 is 2.00 bits per heavy atom. The van der Waals surface area contributed by atoms with Crippen LogP contribution in [0.25, 0.3) is 11.0 Å². The van der Waals surface area contributed by atoms with Gasteiger partial charge < -0.3 is 13.9 Å². The summed E-state index contributed by atoms with van der Waals surface area (Å²) in [6.07, 6.45) is 0.620. The Kier molecular flexibility index (Phi) is 2.42. The van der Waals surface area contributed by atoms with Crippen LogP contribution in [0, 0.1) is 0 Å². The predicted octanol–water partition coefficient (Wildman–Crippen LogP) is 3.76. The summed E-state index contributed by atoms with van der Waals surface area (Å²) in [6.45, 7) is 0. The highest BCUT2D eigenvalue weighted by atomic mass is 35.5. The van der Waals surface area contributed by atoms with Gasteiger partial charge in [-0.15, -0.1) is 0 Å². The Bertz CT molecular complexity index is 640. The maximum Gasteiger partial charge on any atom is 0.169 e. The van der Waals surface area contributed by atoms with E-state index < -0.39 is 6.10 Å². The molecule has 1 unspecified atom stereocenters. The highest BCUT2D eigenvalue weighted by Crippen LogP contribution is 2.29. The fraction of sp³-hybridized carbons (Fsp3) is 0.0769. The third-order valence-electron chi connectivity index (χ3n) is 2.58. The van der Waals surface area contributed by atoms with Crippen molar-refractivity contribution in [2.45, 2.75) is 6.10 Å². The normalized spacial score (nSPS) is 13.1. The van der Waals surface area contributed by atoms with Gasteiger partial charge in [0.1, 0.15) is 17.1 Å². The molecule has 0 spiro atoms. The molecule has 4 heteroatoms. The van der Waals surface area contributed by atoms with Crippen LogP contribution in [0.5, 0.6) is 0 Å². The molecule has 1 aromatic carbocycles. The van der Waals surface area contributed by atoms with Gasteiger partial charge in [0.2, 0.25) is 0 Å². The van der Waals surface area contributed by atoms with Crippen LogP contribution in [-0.2, 0) is 0 Å². The first-order valence-corrected chi connectivity index (χ1v) is 5.52. The number of rotatable bonds is 2. The summed E-state index contributed by atoms with van der Waals surface area (Å²) in [5.41, 5.74) is 0.690. The lowest BCUT2D eigenvalue weighted by Crippen LogP contribution is -1.95. The van der Waals surface area contributed by atoms with Crippen LogP contribution in [0.2, 0.25) is 5.02 Å². The first kappa shape index (κ1) is 10.4. The second-order valence-electron chi connectivity index (χ2n) is 3.75. The molecule has 3 aromatic rings. The molecule has 0 saturated heterocycles. The fourth-order valence-corrected chi connectivity index (χ4v) is 1.94. The standard InChI is InChI=1S/C13H9ClO3/c14-9-3-4-10-8(6-9)7-12(17-10)13(15)11-2-1-5-16-11/h1-7,13,15H. The summed E-state index contributed by atoms with van der Waals surface area (Å²) in [6, 6.07) is 10.5. The van der Waals surface area contributed by atoms with Gasteiger partial charge in [0.05, 0.1) is 6.26 Å². The van der Waals surface area contributed by atoms with E-state index >= 15 is 0 Å².